The van der Waals surface area contributed by atoms with E-state index in [4.69, 9.17) is 16.3 Å². The van der Waals surface area contributed by atoms with E-state index in [1.54, 1.807) is 6.21 Å². The van der Waals surface area contributed by atoms with E-state index in [-0.39, 0.29) is 5.91 Å². The van der Waals surface area contributed by atoms with Gasteiger partial charge in [0.05, 0.1) is 5.69 Å². The number of hydrogen-bond acceptors (Lipinski definition) is 3. The Morgan fingerprint density at radius 2 is 1.74 bits per heavy atom. The Morgan fingerprint density at radius 1 is 1.04 bits per heavy atom. The molecule has 0 saturated heterocycles. The fraction of sp³-hybridized carbons (Fsp3) is 0.0909. The Hall–Kier alpha value is -3.11. The number of carbonyl (C=O) groups excluding carboxylic acids is 1. The second kappa shape index (κ2) is 9.01. The number of nitrogens with zero attached hydrogens (tertiary/aromatic N) is 1. The molecule has 136 valence electrons. The number of ether oxygens (including phenoxy) is 1. The van der Waals surface area contributed by atoms with Crippen LogP contribution in [0.1, 0.15) is 18.1 Å². The lowest BCUT2D eigenvalue weighted by Gasteiger charge is -2.07. The zero-order valence-electron chi connectivity index (χ0n) is 14.9. The van der Waals surface area contributed by atoms with Gasteiger partial charge < -0.3 is 10.1 Å². The molecular formula is C22H19ClN2O2. The summed E-state index contributed by atoms with van der Waals surface area (Å²) in [6.07, 6.45) is 1.78. The number of benzene rings is 3. The van der Waals surface area contributed by atoms with Crippen LogP contribution in [-0.4, -0.2) is 12.1 Å². The molecule has 0 atom stereocenters. The number of anilines is 1. The molecule has 3 aromatic carbocycles. The molecule has 3 aromatic rings. The molecule has 5 heteroatoms. The number of aliphatic imine (C=N–C) groups is 1. The van der Waals surface area contributed by atoms with E-state index in [2.05, 4.69) is 10.3 Å². The van der Waals surface area contributed by atoms with E-state index in [0.717, 1.165) is 28.3 Å². The Kier molecular flexibility index (Phi) is 6.23. The van der Waals surface area contributed by atoms with Gasteiger partial charge in [-0.3, -0.25) is 9.79 Å². The number of nitrogens with one attached hydrogen (secondary N) is 1. The number of amides is 1. The first-order valence-corrected chi connectivity index (χ1v) is 8.86. The summed E-state index contributed by atoms with van der Waals surface area (Å²) in [5.74, 6) is 0.676. The molecule has 0 heterocycles. The molecule has 0 bridgehead atoms. The van der Waals surface area contributed by atoms with Crippen LogP contribution >= 0.6 is 11.6 Å². The van der Waals surface area contributed by atoms with E-state index < -0.39 is 0 Å². The van der Waals surface area contributed by atoms with Crippen molar-refractivity contribution in [1.29, 1.82) is 0 Å². The predicted octanol–water partition coefficient (Wildman–Crippen LogP) is 5.63. The largest absolute Gasteiger partial charge is 0.489 e. The molecule has 0 aliphatic carbocycles. The van der Waals surface area contributed by atoms with Gasteiger partial charge in [-0.15, -0.1) is 0 Å². The van der Waals surface area contributed by atoms with Crippen LogP contribution in [0.3, 0.4) is 0 Å². The van der Waals surface area contributed by atoms with E-state index in [9.17, 15) is 4.79 Å². The fourth-order valence-corrected chi connectivity index (χ4v) is 2.60. The van der Waals surface area contributed by atoms with Crippen molar-refractivity contribution in [2.45, 2.75) is 13.5 Å². The standard InChI is InChI=1S/C22H19ClN2O2/c1-16(26)25-20-10-8-19(9-11-20)24-14-17-6-12-21(13-7-17)27-15-18-4-2-3-5-22(18)23/h2-14H,15H2,1H3,(H,25,26). The molecule has 0 aromatic heterocycles. The summed E-state index contributed by atoms with van der Waals surface area (Å²) in [6, 6.07) is 22.7. The third kappa shape index (κ3) is 5.69. The minimum absolute atomic E-state index is 0.0944. The Balaban J connectivity index is 1.57. The zero-order chi connectivity index (χ0) is 19.1. The molecule has 0 spiro atoms. The summed E-state index contributed by atoms with van der Waals surface area (Å²) in [5, 5.41) is 3.43. The molecule has 0 aliphatic rings. The van der Waals surface area contributed by atoms with Crippen LogP contribution in [0.4, 0.5) is 11.4 Å². The normalized spacial score (nSPS) is 10.7. The van der Waals surface area contributed by atoms with Crippen LogP contribution in [0.25, 0.3) is 0 Å². The average Bonchev–Trinajstić information content (AvgIpc) is 2.67. The summed E-state index contributed by atoms with van der Waals surface area (Å²) in [7, 11) is 0. The van der Waals surface area contributed by atoms with Gasteiger partial charge in [0, 0.05) is 29.4 Å². The maximum absolute atomic E-state index is 11.0. The van der Waals surface area contributed by atoms with Gasteiger partial charge in [0.25, 0.3) is 0 Å². The third-order valence-electron chi connectivity index (χ3n) is 3.78. The molecule has 4 nitrogen and oxygen atoms in total. The van der Waals surface area contributed by atoms with Crippen molar-refractivity contribution in [1.82, 2.24) is 0 Å². The SMILES string of the molecule is CC(=O)Nc1ccc(N=Cc2ccc(OCc3ccccc3Cl)cc2)cc1. The number of rotatable bonds is 6. The predicted molar refractivity (Wildman–Crippen MR) is 110 cm³/mol. The lowest BCUT2D eigenvalue weighted by atomic mass is 10.2. The highest BCUT2D eigenvalue weighted by molar-refractivity contribution is 6.31. The number of hydrogen-bond donors (Lipinski definition) is 1. The van der Waals surface area contributed by atoms with Gasteiger partial charge in [0.1, 0.15) is 12.4 Å². The van der Waals surface area contributed by atoms with Crippen LogP contribution in [0, 0.1) is 0 Å². The second-order valence-corrected chi connectivity index (χ2v) is 6.34. The fourth-order valence-electron chi connectivity index (χ4n) is 2.41. The van der Waals surface area contributed by atoms with Gasteiger partial charge in [-0.25, -0.2) is 0 Å². The minimum atomic E-state index is -0.0944. The first-order valence-electron chi connectivity index (χ1n) is 8.48. The Labute approximate surface area is 163 Å². The lowest BCUT2D eigenvalue weighted by molar-refractivity contribution is -0.114. The quantitative estimate of drug-likeness (QED) is 0.565. The summed E-state index contributed by atoms with van der Waals surface area (Å²) in [6.45, 7) is 1.90. The van der Waals surface area contributed by atoms with Gasteiger partial charge in [-0.1, -0.05) is 29.8 Å². The summed E-state index contributed by atoms with van der Waals surface area (Å²) in [4.78, 5) is 15.5. The summed E-state index contributed by atoms with van der Waals surface area (Å²) < 4.78 is 5.77. The van der Waals surface area contributed by atoms with Crippen molar-refractivity contribution in [2.24, 2.45) is 4.99 Å². The van der Waals surface area contributed by atoms with Gasteiger partial charge in [-0.05, 0) is 60.2 Å². The van der Waals surface area contributed by atoms with Crippen molar-refractivity contribution in [3.63, 3.8) is 0 Å². The van der Waals surface area contributed by atoms with Crippen LogP contribution in [-0.2, 0) is 11.4 Å². The second-order valence-electron chi connectivity index (χ2n) is 5.94. The Bertz CT molecular complexity index is 935. The third-order valence-corrected chi connectivity index (χ3v) is 4.15. The Morgan fingerprint density at radius 3 is 2.41 bits per heavy atom. The summed E-state index contributed by atoms with van der Waals surface area (Å²) in [5.41, 5.74) is 3.48. The molecule has 0 aliphatic heterocycles. The van der Waals surface area contributed by atoms with E-state index >= 15 is 0 Å². The molecule has 1 N–H and O–H groups in total. The first kappa shape index (κ1) is 18.7. The number of carbonyl (C=O) groups is 1. The van der Waals surface area contributed by atoms with E-state index in [1.165, 1.54) is 6.92 Å². The maximum Gasteiger partial charge on any atom is 0.221 e. The zero-order valence-corrected chi connectivity index (χ0v) is 15.6. The molecule has 0 fully saturated rings. The van der Waals surface area contributed by atoms with Crippen molar-refractivity contribution < 1.29 is 9.53 Å². The minimum Gasteiger partial charge on any atom is -0.489 e. The lowest BCUT2D eigenvalue weighted by Crippen LogP contribution is -2.04. The van der Waals surface area contributed by atoms with Crippen molar-refractivity contribution >= 4 is 35.1 Å². The molecule has 1 amide bonds. The van der Waals surface area contributed by atoms with Crippen molar-refractivity contribution in [3.05, 3.63) is 88.9 Å². The average molecular weight is 379 g/mol. The van der Waals surface area contributed by atoms with Gasteiger partial charge in [-0.2, -0.15) is 0 Å². The van der Waals surface area contributed by atoms with Crippen molar-refractivity contribution in [2.75, 3.05) is 5.32 Å². The van der Waals surface area contributed by atoms with Crippen LogP contribution in [0.15, 0.2) is 77.8 Å². The van der Waals surface area contributed by atoms with Gasteiger partial charge >= 0.3 is 0 Å². The highest BCUT2D eigenvalue weighted by atomic mass is 35.5. The first-order chi connectivity index (χ1) is 13.1. The van der Waals surface area contributed by atoms with Crippen LogP contribution in [0.5, 0.6) is 5.75 Å². The van der Waals surface area contributed by atoms with Crippen LogP contribution < -0.4 is 10.1 Å². The maximum atomic E-state index is 11.0. The van der Waals surface area contributed by atoms with E-state index in [1.807, 2.05) is 72.8 Å². The highest BCUT2D eigenvalue weighted by Gasteiger charge is 2.00. The molecule has 0 saturated carbocycles. The topological polar surface area (TPSA) is 50.7 Å². The van der Waals surface area contributed by atoms with Crippen LogP contribution in [0.2, 0.25) is 5.02 Å². The smallest absolute Gasteiger partial charge is 0.221 e. The number of halogens is 1. The van der Waals surface area contributed by atoms with Gasteiger partial charge in [0.2, 0.25) is 5.91 Å². The van der Waals surface area contributed by atoms with Crippen molar-refractivity contribution in [3.8, 4) is 5.75 Å². The molecule has 0 unspecified atom stereocenters. The monoisotopic (exact) mass is 378 g/mol. The highest BCUT2D eigenvalue weighted by Crippen LogP contribution is 2.19. The molecule has 3 rings (SSSR count). The molecule has 27 heavy (non-hydrogen) atoms. The van der Waals surface area contributed by atoms with E-state index in [0.29, 0.717) is 11.6 Å². The van der Waals surface area contributed by atoms with Gasteiger partial charge in [0.15, 0.2) is 0 Å². The molecular weight excluding hydrogens is 360 g/mol. The molecule has 0 radical (unpaired) electrons. The summed E-state index contributed by atoms with van der Waals surface area (Å²) >= 11 is 6.13.